The molecule has 1 amide bonds. The van der Waals surface area contributed by atoms with Gasteiger partial charge < -0.3 is 14.5 Å². The predicted molar refractivity (Wildman–Crippen MR) is 130 cm³/mol. The Kier molecular flexibility index (Phi) is 8.21. The number of nitrogens with one attached hydrogen (secondary N) is 3. The molecule has 3 rings (SSSR count). The van der Waals surface area contributed by atoms with E-state index in [1.165, 1.54) is 18.4 Å². The van der Waals surface area contributed by atoms with Crippen LogP contribution in [0.3, 0.4) is 0 Å². The first-order chi connectivity index (χ1) is 15.7. The minimum absolute atomic E-state index is 0.0508. The van der Waals surface area contributed by atoms with E-state index in [2.05, 4.69) is 15.4 Å². The van der Waals surface area contributed by atoms with Gasteiger partial charge in [-0.25, -0.2) is 13.1 Å². The SMILES string of the molecule is CC(C)COc1cccc(C(=O)NC(=S)Nc2ccc(S(=O)(=O)NCc3ccco3)cc2)c1. The van der Waals surface area contributed by atoms with Gasteiger partial charge in [0.2, 0.25) is 10.0 Å². The normalized spacial score (nSPS) is 11.2. The Labute approximate surface area is 198 Å². The molecule has 1 heterocycles. The Morgan fingerprint density at radius 3 is 2.52 bits per heavy atom. The van der Waals surface area contributed by atoms with E-state index in [0.717, 1.165) is 0 Å². The van der Waals surface area contributed by atoms with Crippen LogP contribution >= 0.6 is 12.2 Å². The summed E-state index contributed by atoms with van der Waals surface area (Å²) in [6, 6.07) is 16.2. The first-order valence-electron chi connectivity index (χ1n) is 10.2. The van der Waals surface area contributed by atoms with E-state index in [0.29, 0.717) is 35.3 Å². The van der Waals surface area contributed by atoms with Gasteiger partial charge in [0.05, 0.1) is 24.3 Å². The Morgan fingerprint density at radius 1 is 1.09 bits per heavy atom. The number of sulfonamides is 1. The van der Waals surface area contributed by atoms with Gasteiger partial charge in [-0.15, -0.1) is 0 Å². The average Bonchev–Trinajstić information content (AvgIpc) is 3.31. The first kappa shape index (κ1) is 24.4. The van der Waals surface area contributed by atoms with Crippen molar-refractivity contribution in [3.8, 4) is 5.75 Å². The Balaban J connectivity index is 1.55. The summed E-state index contributed by atoms with van der Waals surface area (Å²) in [5.74, 6) is 1.10. The van der Waals surface area contributed by atoms with E-state index in [1.54, 1.807) is 48.5 Å². The molecule has 33 heavy (non-hydrogen) atoms. The number of rotatable bonds is 9. The van der Waals surface area contributed by atoms with Crippen molar-refractivity contribution < 1.29 is 22.4 Å². The number of carbonyl (C=O) groups is 1. The third-order valence-electron chi connectivity index (χ3n) is 4.35. The monoisotopic (exact) mass is 487 g/mol. The van der Waals surface area contributed by atoms with Gasteiger partial charge in [0.1, 0.15) is 11.5 Å². The number of thiocarbonyl (C=S) groups is 1. The summed E-state index contributed by atoms with van der Waals surface area (Å²) in [6.07, 6.45) is 1.48. The second kappa shape index (κ2) is 11.1. The standard InChI is InChI=1S/C23H25N3O5S2/c1-16(2)15-31-19-6-3-5-17(13-19)22(27)26-23(32)25-18-8-10-21(11-9-18)33(28,29)24-14-20-7-4-12-30-20/h3-13,16,24H,14-15H2,1-2H3,(H2,25,26,27,32). The summed E-state index contributed by atoms with van der Waals surface area (Å²) in [7, 11) is -3.70. The average molecular weight is 488 g/mol. The minimum Gasteiger partial charge on any atom is -0.493 e. The number of furan rings is 1. The number of benzene rings is 2. The summed E-state index contributed by atoms with van der Waals surface area (Å²) >= 11 is 5.21. The van der Waals surface area contributed by atoms with Crippen LogP contribution in [0.5, 0.6) is 5.75 Å². The summed E-state index contributed by atoms with van der Waals surface area (Å²) in [5.41, 5.74) is 0.934. The van der Waals surface area contributed by atoms with Crippen molar-refractivity contribution in [2.24, 2.45) is 5.92 Å². The van der Waals surface area contributed by atoms with Crippen LogP contribution < -0.4 is 20.1 Å². The van der Waals surface area contributed by atoms with E-state index in [9.17, 15) is 13.2 Å². The third-order valence-corrected chi connectivity index (χ3v) is 5.97. The molecular formula is C23H25N3O5S2. The van der Waals surface area contributed by atoms with Crippen molar-refractivity contribution in [2.75, 3.05) is 11.9 Å². The van der Waals surface area contributed by atoms with Gasteiger partial charge in [0.25, 0.3) is 5.91 Å². The van der Waals surface area contributed by atoms with Gasteiger partial charge in [-0.1, -0.05) is 19.9 Å². The Hall–Kier alpha value is -3.21. The van der Waals surface area contributed by atoms with Crippen molar-refractivity contribution in [3.63, 3.8) is 0 Å². The third kappa shape index (κ3) is 7.41. The molecule has 0 spiro atoms. The van der Waals surface area contributed by atoms with Gasteiger partial charge in [-0.2, -0.15) is 0 Å². The summed E-state index contributed by atoms with van der Waals surface area (Å²) in [5, 5.41) is 5.55. The lowest BCUT2D eigenvalue weighted by atomic mass is 10.2. The second-order valence-corrected chi connectivity index (χ2v) is 9.74. The number of ether oxygens (including phenoxy) is 1. The van der Waals surface area contributed by atoms with E-state index < -0.39 is 10.0 Å². The molecule has 3 aromatic rings. The van der Waals surface area contributed by atoms with Gasteiger partial charge >= 0.3 is 0 Å². The summed E-state index contributed by atoms with van der Waals surface area (Å²) in [4.78, 5) is 12.6. The molecule has 0 saturated carbocycles. The highest BCUT2D eigenvalue weighted by molar-refractivity contribution is 7.89. The maximum absolute atomic E-state index is 12.5. The van der Waals surface area contributed by atoms with E-state index in [-0.39, 0.29) is 22.5 Å². The largest absolute Gasteiger partial charge is 0.493 e. The van der Waals surface area contributed by atoms with Gasteiger partial charge in [0, 0.05) is 11.3 Å². The number of hydrogen-bond acceptors (Lipinski definition) is 6. The molecular weight excluding hydrogens is 462 g/mol. The van der Waals surface area contributed by atoms with Crippen molar-refractivity contribution in [1.82, 2.24) is 10.0 Å². The zero-order valence-corrected chi connectivity index (χ0v) is 19.8. The number of amides is 1. The van der Waals surface area contributed by atoms with Crippen LogP contribution in [0.2, 0.25) is 0 Å². The van der Waals surface area contributed by atoms with Gasteiger partial charge in [0.15, 0.2) is 5.11 Å². The quantitative estimate of drug-likeness (QED) is 0.393. The zero-order valence-electron chi connectivity index (χ0n) is 18.2. The summed E-state index contributed by atoms with van der Waals surface area (Å²) < 4.78 is 38.1. The Bertz CT molecular complexity index is 1190. The zero-order chi connectivity index (χ0) is 23.8. The molecule has 0 atom stereocenters. The number of carbonyl (C=O) groups excluding carboxylic acids is 1. The first-order valence-corrected chi connectivity index (χ1v) is 12.1. The van der Waals surface area contributed by atoms with Crippen LogP contribution in [0.15, 0.2) is 76.2 Å². The van der Waals surface area contributed by atoms with Crippen molar-refractivity contribution in [1.29, 1.82) is 0 Å². The van der Waals surface area contributed by atoms with E-state index in [1.807, 2.05) is 13.8 Å². The molecule has 3 N–H and O–H groups in total. The number of anilines is 1. The second-order valence-electron chi connectivity index (χ2n) is 7.57. The highest BCUT2D eigenvalue weighted by atomic mass is 32.2. The van der Waals surface area contributed by atoms with Crippen LogP contribution in [0.25, 0.3) is 0 Å². The molecule has 0 fully saturated rings. The lowest BCUT2D eigenvalue weighted by Crippen LogP contribution is -2.34. The van der Waals surface area contributed by atoms with Crippen LogP contribution in [0.4, 0.5) is 5.69 Å². The maximum Gasteiger partial charge on any atom is 0.257 e. The fraction of sp³-hybridized carbons (Fsp3) is 0.217. The van der Waals surface area contributed by atoms with Crippen molar-refractivity contribution in [3.05, 3.63) is 78.3 Å². The van der Waals surface area contributed by atoms with Crippen LogP contribution in [0.1, 0.15) is 30.0 Å². The minimum atomic E-state index is -3.70. The van der Waals surface area contributed by atoms with Crippen LogP contribution in [-0.4, -0.2) is 26.0 Å². The van der Waals surface area contributed by atoms with Crippen LogP contribution in [0, 0.1) is 5.92 Å². The highest BCUT2D eigenvalue weighted by Crippen LogP contribution is 2.16. The lowest BCUT2D eigenvalue weighted by molar-refractivity contribution is 0.0977. The summed E-state index contributed by atoms with van der Waals surface area (Å²) in [6.45, 7) is 4.68. The van der Waals surface area contributed by atoms with Gasteiger partial charge in [-0.3, -0.25) is 10.1 Å². The highest BCUT2D eigenvalue weighted by Gasteiger charge is 2.15. The molecule has 10 heteroatoms. The molecule has 0 aliphatic rings. The molecule has 0 bridgehead atoms. The molecule has 0 saturated heterocycles. The fourth-order valence-electron chi connectivity index (χ4n) is 2.71. The van der Waals surface area contributed by atoms with E-state index in [4.69, 9.17) is 21.4 Å². The smallest absolute Gasteiger partial charge is 0.257 e. The molecule has 0 unspecified atom stereocenters. The maximum atomic E-state index is 12.5. The number of hydrogen-bond donors (Lipinski definition) is 3. The van der Waals surface area contributed by atoms with Crippen molar-refractivity contribution >= 4 is 38.9 Å². The molecule has 0 aliphatic carbocycles. The lowest BCUT2D eigenvalue weighted by Gasteiger charge is -2.12. The van der Waals surface area contributed by atoms with Crippen LogP contribution in [-0.2, 0) is 16.6 Å². The molecule has 2 aromatic carbocycles. The molecule has 1 aromatic heterocycles. The molecule has 0 aliphatic heterocycles. The van der Waals surface area contributed by atoms with Gasteiger partial charge in [-0.05, 0) is 72.7 Å². The van der Waals surface area contributed by atoms with Crippen molar-refractivity contribution in [2.45, 2.75) is 25.3 Å². The predicted octanol–water partition coefficient (Wildman–Crippen LogP) is 3.92. The fourth-order valence-corrected chi connectivity index (χ4v) is 3.91. The Morgan fingerprint density at radius 2 is 1.85 bits per heavy atom. The molecule has 8 nitrogen and oxygen atoms in total. The molecule has 0 radical (unpaired) electrons. The topological polar surface area (TPSA) is 110 Å². The van der Waals surface area contributed by atoms with E-state index >= 15 is 0 Å². The molecule has 174 valence electrons.